The van der Waals surface area contributed by atoms with Gasteiger partial charge in [0.25, 0.3) is 5.91 Å². The zero-order chi connectivity index (χ0) is 18.2. The summed E-state index contributed by atoms with van der Waals surface area (Å²) in [6.45, 7) is 1.87. The lowest BCUT2D eigenvalue weighted by Gasteiger charge is -2.14. The Balaban J connectivity index is 2.29. The van der Waals surface area contributed by atoms with Gasteiger partial charge in [0, 0.05) is 0 Å². The van der Waals surface area contributed by atoms with Crippen molar-refractivity contribution in [2.24, 2.45) is 0 Å². The molecule has 0 fully saturated rings. The number of rotatable bonds is 6. The molecule has 1 N–H and O–H groups in total. The summed E-state index contributed by atoms with van der Waals surface area (Å²) in [5, 5.41) is 12.2. The van der Waals surface area contributed by atoms with Gasteiger partial charge in [0.05, 0.1) is 25.8 Å². The maximum Gasteiger partial charge on any atom is 0.262 e. The molecule has 0 radical (unpaired) electrons. The topological polar surface area (TPSA) is 71.3 Å². The maximum absolute atomic E-state index is 12.5. The number of nitrogens with zero attached hydrogens (tertiary/aromatic N) is 1. The second kappa shape index (κ2) is 8.55. The van der Waals surface area contributed by atoms with E-state index in [1.54, 1.807) is 18.2 Å². The zero-order valence-electron chi connectivity index (χ0n) is 14.4. The number of benzene rings is 2. The quantitative estimate of drug-likeness (QED) is 0.647. The summed E-state index contributed by atoms with van der Waals surface area (Å²) in [7, 11) is 3.05. The Labute approximate surface area is 147 Å². The normalized spacial score (nSPS) is 12.0. The van der Waals surface area contributed by atoms with Crippen molar-refractivity contribution in [3.05, 3.63) is 65.2 Å². The number of carbonyl (C=O) groups is 1. The molecule has 5 heteroatoms. The van der Waals surface area contributed by atoms with E-state index in [4.69, 9.17) is 9.47 Å². The fourth-order valence-electron chi connectivity index (χ4n) is 2.41. The molecule has 1 amide bonds. The van der Waals surface area contributed by atoms with Gasteiger partial charge in [-0.05, 0) is 30.7 Å². The van der Waals surface area contributed by atoms with E-state index in [0.29, 0.717) is 17.1 Å². The molecule has 0 aliphatic carbocycles. The van der Waals surface area contributed by atoms with E-state index in [1.165, 1.54) is 20.3 Å². The lowest BCUT2D eigenvalue weighted by Crippen LogP contribution is -2.27. The second-order valence-electron chi connectivity index (χ2n) is 5.35. The van der Waals surface area contributed by atoms with E-state index in [2.05, 4.69) is 5.32 Å². The number of hydrogen-bond donors (Lipinski definition) is 1. The minimum Gasteiger partial charge on any atom is -0.496 e. The maximum atomic E-state index is 12.5. The third-order valence-corrected chi connectivity index (χ3v) is 3.77. The number of nitrogens with one attached hydrogen (secondary N) is 1. The van der Waals surface area contributed by atoms with Crippen LogP contribution in [0.25, 0.3) is 6.08 Å². The zero-order valence-corrected chi connectivity index (χ0v) is 14.4. The van der Waals surface area contributed by atoms with Crippen LogP contribution in [0.5, 0.6) is 11.5 Å². The molecule has 2 aromatic rings. The largest absolute Gasteiger partial charge is 0.496 e. The molecule has 0 bridgehead atoms. The molecule has 25 heavy (non-hydrogen) atoms. The van der Waals surface area contributed by atoms with E-state index < -0.39 is 5.91 Å². The molecule has 0 saturated carbocycles. The Morgan fingerprint density at radius 1 is 1.08 bits per heavy atom. The van der Waals surface area contributed by atoms with Crippen molar-refractivity contribution in [2.45, 2.75) is 13.0 Å². The van der Waals surface area contributed by atoms with Gasteiger partial charge in [0.2, 0.25) is 0 Å². The molecule has 1 unspecified atom stereocenters. The van der Waals surface area contributed by atoms with Crippen molar-refractivity contribution in [1.82, 2.24) is 5.32 Å². The first kappa shape index (κ1) is 18.1. The standard InChI is InChI=1S/C20H20N2O3/c1-14(15-8-5-4-6-9-15)22-20(23)16(13-21)12-17-18(24-2)10-7-11-19(17)25-3/h4-12,14H,1-3H3,(H,22,23)/b16-12+. The number of hydrogen-bond acceptors (Lipinski definition) is 4. The van der Waals surface area contributed by atoms with Crippen molar-refractivity contribution in [2.75, 3.05) is 14.2 Å². The summed E-state index contributed by atoms with van der Waals surface area (Å²) in [6, 6.07) is 16.5. The molecular formula is C20H20N2O3. The van der Waals surface area contributed by atoms with Crippen molar-refractivity contribution in [1.29, 1.82) is 5.26 Å². The molecule has 0 aromatic heterocycles. The van der Waals surface area contributed by atoms with Gasteiger partial charge < -0.3 is 14.8 Å². The molecule has 1 atom stereocenters. The first-order chi connectivity index (χ1) is 12.1. The van der Waals surface area contributed by atoms with E-state index >= 15 is 0 Å². The lowest BCUT2D eigenvalue weighted by molar-refractivity contribution is -0.117. The van der Waals surface area contributed by atoms with E-state index in [1.807, 2.05) is 43.3 Å². The highest BCUT2D eigenvalue weighted by Gasteiger charge is 2.16. The van der Waals surface area contributed by atoms with Crippen LogP contribution >= 0.6 is 0 Å². The first-order valence-electron chi connectivity index (χ1n) is 7.79. The summed E-state index contributed by atoms with van der Waals surface area (Å²) in [6.07, 6.45) is 1.48. The second-order valence-corrected chi connectivity index (χ2v) is 5.35. The Morgan fingerprint density at radius 3 is 2.20 bits per heavy atom. The van der Waals surface area contributed by atoms with Gasteiger partial charge in [-0.1, -0.05) is 36.4 Å². The Bertz CT molecular complexity index is 785. The van der Waals surface area contributed by atoms with Crippen molar-refractivity contribution in [3.8, 4) is 17.6 Å². The fourth-order valence-corrected chi connectivity index (χ4v) is 2.41. The SMILES string of the molecule is COc1cccc(OC)c1/C=C(\C#N)C(=O)NC(C)c1ccccc1. The Kier molecular flexibility index (Phi) is 6.19. The third kappa shape index (κ3) is 4.39. The summed E-state index contributed by atoms with van der Waals surface area (Å²) in [5.74, 6) is 0.596. The van der Waals surface area contributed by atoms with E-state index in [9.17, 15) is 10.1 Å². The van der Waals surface area contributed by atoms with Crippen LogP contribution in [0.3, 0.4) is 0 Å². The third-order valence-electron chi connectivity index (χ3n) is 3.77. The molecule has 0 saturated heterocycles. The first-order valence-corrected chi connectivity index (χ1v) is 7.79. The van der Waals surface area contributed by atoms with E-state index in [-0.39, 0.29) is 11.6 Å². The predicted molar refractivity (Wildman–Crippen MR) is 96.1 cm³/mol. The Hall–Kier alpha value is -3.26. The molecule has 128 valence electrons. The molecule has 2 aromatic carbocycles. The summed E-state index contributed by atoms with van der Waals surface area (Å²) < 4.78 is 10.6. The molecule has 0 aliphatic heterocycles. The van der Waals surface area contributed by atoms with Crippen molar-refractivity contribution >= 4 is 12.0 Å². The van der Waals surface area contributed by atoms with Crippen molar-refractivity contribution < 1.29 is 14.3 Å². The van der Waals surface area contributed by atoms with Gasteiger partial charge in [0.1, 0.15) is 23.1 Å². The monoisotopic (exact) mass is 336 g/mol. The van der Waals surface area contributed by atoms with Crippen LogP contribution in [0.1, 0.15) is 24.1 Å². The van der Waals surface area contributed by atoms with Crippen LogP contribution in [0, 0.1) is 11.3 Å². The minimum atomic E-state index is -0.452. The highest BCUT2D eigenvalue weighted by molar-refractivity contribution is 6.02. The van der Waals surface area contributed by atoms with Crippen LogP contribution in [0.2, 0.25) is 0 Å². The number of carbonyl (C=O) groups excluding carboxylic acids is 1. The fraction of sp³-hybridized carbons (Fsp3) is 0.200. The van der Waals surface area contributed by atoms with Gasteiger partial charge in [-0.25, -0.2) is 0 Å². The molecule has 0 spiro atoms. The number of ether oxygens (including phenoxy) is 2. The van der Waals surface area contributed by atoms with Gasteiger partial charge >= 0.3 is 0 Å². The van der Waals surface area contributed by atoms with Gasteiger partial charge in [-0.2, -0.15) is 5.26 Å². The van der Waals surface area contributed by atoms with Crippen molar-refractivity contribution in [3.63, 3.8) is 0 Å². The average molecular weight is 336 g/mol. The van der Waals surface area contributed by atoms with Gasteiger partial charge in [0.15, 0.2) is 0 Å². The lowest BCUT2D eigenvalue weighted by atomic mass is 10.1. The smallest absolute Gasteiger partial charge is 0.262 e. The number of amides is 1. The highest BCUT2D eigenvalue weighted by Crippen LogP contribution is 2.30. The van der Waals surface area contributed by atoms with Gasteiger partial charge in [-0.3, -0.25) is 4.79 Å². The summed E-state index contributed by atoms with van der Waals surface area (Å²) in [5.41, 5.74) is 1.49. The predicted octanol–water partition coefficient (Wildman–Crippen LogP) is 3.49. The van der Waals surface area contributed by atoms with Crippen LogP contribution in [-0.4, -0.2) is 20.1 Å². The Morgan fingerprint density at radius 2 is 1.68 bits per heavy atom. The van der Waals surface area contributed by atoms with Crippen LogP contribution in [0.4, 0.5) is 0 Å². The summed E-state index contributed by atoms with van der Waals surface area (Å²) >= 11 is 0. The average Bonchev–Trinajstić information content (AvgIpc) is 2.66. The van der Waals surface area contributed by atoms with Crippen LogP contribution in [0.15, 0.2) is 54.1 Å². The summed E-state index contributed by atoms with van der Waals surface area (Å²) in [4.78, 5) is 12.5. The minimum absolute atomic E-state index is 0.0226. The highest BCUT2D eigenvalue weighted by atomic mass is 16.5. The van der Waals surface area contributed by atoms with Crippen LogP contribution < -0.4 is 14.8 Å². The molecular weight excluding hydrogens is 316 g/mol. The molecule has 0 aliphatic rings. The molecule has 2 rings (SSSR count). The molecule has 5 nitrogen and oxygen atoms in total. The number of methoxy groups -OCH3 is 2. The number of nitriles is 1. The van der Waals surface area contributed by atoms with E-state index in [0.717, 1.165) is 5.56 Å². The van der Waals surface area contributed by atoms with Gasteiger partial charge in [-0.15, -0.1) is 0 Å². The molecule has 0 heterocycles. The van der Waals surface area contributed by atoms with Crippen LogP contribution in [-0.2, 0) is 4.79 Å².